The van der Waals surface area contributed by atoms with Crippen LogP contribution in [0.15, 0.2) is 0 Å². The van der Waals surface area contributed by atoms with E-state index in [1.165, 1.54) is 6.42 Å². The van der Waals surface area contributed by atoms with Gasteiger partial charge in [-0.15, -0.1) is 0 Å². The molecule has 1 atom stereocenters. The normalized spacial score (nSPS) is 26.1. The lowest BCUT2D eigenvalue weighted by Crippen LogP contribution is -2.36. The van der Waals surface area contributed by atoms with Crippen LogP contribution >= 0.6 is 0 Å². The van der Waals surface area contributed by atoms with Gasteiger partial charge in [0.05, 0.1) is 5.54 Å². The first-order valence-corrected chi connectivity index (χ1v) is 5.81. The van der Waals surface area contributed by atoms with E-state index >= 15 is 0 Å². The van der Waals surface area contributed by atoms with Gasteiger partial charge in [-0.05, 0) is 32.7 Å². The fourth-order valence-electron chi connectivity index (χ4n) is 2.33. The van der Waals surface area contributed by atoms with Gasteiger partial charge in [0.25, 0.3) is 0 Å². The molecule has 1 unspecified atom stereocenters. The Balaban J connectivity index is 2.27. The number of hydrogen-bond acceptors (Lipinski definition) is 3. The van der Waals surface area contributed by atoms with Crippen LogP contribution in [0.3, 0.4) is 0 Å². The molecule has 0 bridgehead atoms. The van der Waals surface area contributed by atoms with E-state index in [1.54, 1.807) is 0 Å². The number of aromatic nitrogens is 3. The van der Waals surface area contributed by atoms with Crippen LogP contribution in [0.1, 0.15) is 44.8 Å². The lowest BCUT2D eigenvalue weighted by molar-refractivity contribution is 0.388. The number of rotatable bonds is 3. The zero-order chi connectivity index (χ0) is 10.9. The Labute approximate surface area is 91.1 Å². The third-order valence-electron chi connectivity index (χ3n) is 3.14. The minimum Gasteiger partial charge on any atom is -0.305 e. The van der Waals surface area contributed by atoms with Crippen molar-refractivity contribution in [3.63, 3.8) is 0 Å². The van der Waals surface area contributed by atoms with Gasteiger partial charge in [0.15, 0.2) is 5.82 Å². The Kier molecular flexibility index (Phi) is 2.78. The first kappa shape index (κ1) is 10.6. The Morgan fingerprint density at radius 1 is 1.53 bits per heavy atom. The standard InChI is InChI=1S/C11H20N4/c1-4-6-9-13-10(15(3)14-9)11(2)7-5-8-12-11/h12H,4-8H2,1-3H3. The highest BCUT2D eigenvalue weighted by molar-refractivity contribution is 5.09. The minimum absolute atomic E-state index is 0.0355. The zero-order valence-corrected chi connectivity index (χ0v) is 9.88. The van der Waals surface area contributed by atoms with Crippen molar-refractivity contribution in [3.05, 3.63) is 11.6 Å². The largest absolute Gasteiger partial charge is 0.305 e. The molecule has 0 radical (unpaired) electrons. The lowest BCUT2D eigenvalue weighted by atomic mass is 9.99. The molecule has 2 rings (SSSR count). The summed E-state index contributed by atoms with van der Waals surface area (Å²) in [6.45, 7) is 5.47. The molecule has 1 aliphatic heterocycles. The molecule has 2 heterocycles. The molecule has 1 saturated heterocycles. The van der Waals surface area contributed by atoms with Gasteiger partial charge in [-0.3, -0.25) is 4.68 Å². The van der Waals surface area contributed by atoms with Gasteiger partial charge in [-0.25, -0.2) is 4.98 Å². The van der Waals surface area contributed by atoms with E-state index in [2.05, 4.69) is 29.2 Å². The molecule has 4 nitrogen and oxygen atoms in total. The molecule has 1 aromatic heterocycles. The zero-order valence-electron chi connectivity index (χ0n) is 9.88. The van der Waals surface area contributed by atoms with Crippen molar-refractivity contribution in [2.75, 3.05) is 6.54 Å². The molecule has 4 heteroatoms. The Hall–Kier alpha value is -0.900. The molecule has 0 amide bonds. The van der Waals surface area contributed by atoms with Crippen LogP contribution in [0.4, 0.5) is 0 Å². The average molecular weight is 208 g/mol. The quantitative estimate of drug-likeness (QED) is 0.815. The molecule has 1 aromatic rings. The van der Waals surface area contributed by atoms with Crippen LogP contribution in [0, 0.1) is 0 Å². The van der Waals surface area contributed by atoms with Gasteiger partial charge in [0, 0.05) is 13.5 Å². The maximum Gasteiger partial charge on any atom is 0.151 e. The topological polar surface area (TPSA) is 42.7 Å². The van der Waals surface area contributed by atoms with Crippen molar-refractivity contribution >= 4 is 0 Å². The van der Waals surface area contributed by atoms with Gasteiger partial charge in [0.1, 0.15) is 5.82 Å². The van der Waals surface area contributed by atoms with Gasteiger partial charge in [-0.2, -0.15) is 5.10 Å². The van der Waals surface area contributed by atoms with Crippen LogP contribution in [0.2, 0.25) is 0 Å². The fourth-order valence-corrected chi connectivity index (χ4v) is 2.33. The van der Waals surface area contributed by atoms with E-state index in [9.17, 15) is 0 Å². The highest BCUT2D eigenvalue weighted by atomic mass is 15.4. The second kappa shape index (κ2) is 3.93. The third kappa shape index (κ3) is 1.91. The third-order valence-corrected chi connectivity index (χ3v) is 3.14. The number of aryl methyl sites for hydroxylation is 2. The summed E-state index contributed by atoms with van der Waals surface area (Å²) in [5.74, 6) is 2.06. The molecular weight excluding hydrogens is 188 g/mol. The summed E-state index contributed by atoms with van der Waals surface area (Å²) < 4.78 is 1.93. The summed E-state index contributed by atoms with van der Waals surface area (Å²) in [7, 11) is 1.99. The van der Waals surface area contributed by atoms with Crippen LogP contribution in [-0.2, 0) is 19.0 Å². The van der Waals surface area contributed by atoms with Gasteiger partial charge < -0.3 is 5.32 Å². The van der Waals surface area contributed by atoms with Crippen molar-refractivity contribution in [1.82, 2.24) is 20.1 Å². The average Bonchev–Trinajstić information content (AvgIpc) is 2.75. The number of hydrogen-bond donors (Lipinski definition) is 1. The monoisotopic (exact) mass is 208 g/mol. The molecule has 0 aromatic carbocycles. The summed E-state index contributed by atoms with van der Waals surface area (Å²) in [6.07, 6.45) is 4.47. The smallest absolute Gasteiger partial charge is 0.151 e. The van der Waals surface area contributed by atoms with Crippen molar-refractivity contribution in [2.45, 2.75) is 45.1 Å². The summed E-state index contributed by atoms with van der Waals surface area (Å²) in [5, 5.41) is 7.98. The van der Waals surface area contributed by atoms with Crippen LogP contribution in [0.25, 0.3) is 0 Å². The second-order valence-corrected chi connectivity index (χ2v) is 4.59. The minimum atomic E-state index is 0.0355. The fraction of sp³-hybridized carbons (Fsp3) is 0.818. The molecule has 0 aliphatic carbocycles. The number of nitrogens with zero attached hydrogens (tertiary/aromatic N) is 3. The Morgan fingerprint density at radius 2 is 2.33 bits per heavy atom. The predicted octanol–water partition coefficient (Wildman–Crippen LogP) is 1.37. The van der Waals surface area contributed by atoms with E-state index in [0.29, 0.717) is 0 Å². The maximum absolute atomic E-state index is 4.64. The van der Waals surface area contributed by atoms with E-state index in [4.69, 9.17) is 0 Å². The van der Waals surface area contributed by atoms with Gasteiger partial charge in [-0.1, -0.05) is 6.92 Å². The van der Waals surface area contributed by atoms with E-state index in [-0.39, 0.29) is 5.54 Å². The Morgan fingerprint density at radius 3 is 2.93 bits per heavy atom. The van der Waals surface area contributed by atoms with E-state index < -0.39 is 0 Å². The first-order chi connectivity index (χ1) is 7.15. The summed E-state index contributed by atoms with van der Waals surface area (Å²) >= 11 is 0. The van der Waals surface area contributed by atoms with Gasteiger partial charge in [0.2, 0.25) is 0 Å². The lowest BCUT2D eigenvalue weighted by Gasteiger charge is -2.22. The molecule has 1 fully saturated rings. The van der Waals surface area contributed by atoms with Crippen molar-refractivity contribution in [2.24, 2.45) is 7.05 Å². The highest BCUT2D eigenvalue weighted by Crippen LogP contribution is 2.28. The van der Waals surface area contributed by atoms with Crippen molar-refractivity contribution in [3.8, 4) is 0 Å². The molecule has 84 valence electrons. The molecule has 15 heavy (non-hydrogen) atoms. The van der Waals surface area contributed by atoms with Crippen molar-refractivity contribution < 1.29 is 0 Å². The Bertz CT molecular complexity index is 336. The van der Waals surface area contributed by atoms with Crippen LogP contribution in [-0.4, -0.2) is 21.3 Å². The number of nitrogens with one attached hydrogen (secondary N) is 1. The summed E-state index contributed by atoms with van der Waals surface area (Å²) in [5.41, 5.74) is 0.0355. The molecule has 0 saturated carbocycles. The highest BCUT2D eigenvalue weighted by Gasteiger charge is 2.34. The maximum atomic E-state index is 4.64. The predicted molar refractivity (Wildman–Crippen MR) is 59.6 cm³/mol. The molecule has 0 spiro atoms. The first-order valence-electron chi connectivity index (χ1n) is 5.81. The summed E-state index contributed by atoms with van der Waals surface area (Å²) in [6, 6.07) is 0. The van der Waals surface area contributed by atoms with Crippen molar-refractivity contribution in [1.29, 1.82) is 0 Å². The van der Waals surface area contributed by atoms with E-state index in [1.807, 2.05) is 11.7 Å². The molecular formula is C11H20N4. The molecule has 1 N–H and O–H groups in total. The second-order valence-electron chi connectivity index (χ2n) is 4.59. The van der Waals surface area contributed by atoms with Gasteiger partial charge >= 0.3 is 0 Å². The van der Waals surface area contributed by atoms with Crippen LogP contribution in [0.5, 0.6) is 0 Å². The van der Waals surface area contributed by atoms with Crippen LogP contribution < -0.4 is 5.32 Å². The summed E-state index contributed by atoms with van der Waals surface area (Å²) in [4.78, 5) is 4.64. The SMILES string of the molecule is CCCc1nc(C2(C)CCCN2)n(C)n1. The molecule has 1 aliphatic rings. The van der Waals surface area contributed by atoms with E-state index in [0.717, 1.165) is 37.5 Å².